The van der Waals surface area contributed by atoms with Crippen LogP contribution in [0.1, 0.15) is 31.4 Å². The van der Waals surface area contributed by atoms with Gasteiger partial charge >= 0.3 is 0 Å². The third-order valence-corrected chi connectivity index (χ3v) is 7.35. The van der Waals surface area contributed by atoms with Gasteiger partial charge in [-0.1, -0.05) is 36.2 Å². The van der Waals surface area contributed by atoms with Gasteiger partial charge in [0.2, 0.25) is 5.91 Å². The summed E-state index contributed by atoms with van der Waals surface area (Å²) in [6.45, 7) is 1.43. The molecule has 3 heterocycles. The summed E-state index contributed by atoms with van der Waals surface area (Å²) >= 11 is 7.41. The molecule has 1 amide bonds. The average Bonchev–Trinajstić information content (AvgIpc) is 3.32. The zero-order valence-corrected chi connectivity index (χ0v) is 19.1. The lowest BCUT2D eigenvalue weighted by Crippen LogP contribution is -2.55. The normalized spacial score (nSPS) is 21.0. The number of nitrogens with zero attached hydrogens (tertiary/aromatic N) is 3. The van der Waals surface area contributed by atoms with Gasteiger partial charge in [-0.05, 0) is 43.2 Å². The van der Waals surface area contributed by atoms with Crippen LogP contribution in [-0.4, -0.2) is 51.4 Å². The number of hydrogen-bond donors (Lipinski definition) is 0. The van der Waals surface area contributed by atoms with E-state index in [0.29, 0.717) is 40.0 Å². The molecule has 1 saturated heterocycles. The number of rotatable bonds is 5. The van der Waals surface area contributed by atoms with Crippen LogP contribution in [0, 0.1) is 0 Å². The Morgan fingerprint density at radius 3 is 2.97 bits per heavy atom. The predicted octanol–water partition coefficient (Wildman–Crippen LogP) is 3.95. The molecule has 0 spiro atoms. The average molecular weight is 474 g/mol. The minimum atomic E-state index is -0.184. The molecule has 3 aromatic rings. The number of ether oxygens (including phenoxy) is 1. The maximum Gasteiger partial charge on any atom is 0.262 e. The highest BCUT2D eigenvalue weighted by atomic mass is 35.5. The number of carbonyl (C=O) groups is 1. The van der Waals surface area contributed by atoms with E-state index < -0.39 is 0 Å². The van der Waals surface area contributed by atoms with Crippen LogP contribution in [0.5, 0.6) is 0 Å². The first-order chi connectivity index (χ1) is 15.6. The number of aromatic nitrogens is 2. The van der Waals surface area contributed by atoms with Gasteiger partial charge in [-0.25, -0.2) is 4.98 Å². The van der Waals surface area contributed by atoms with Crippen molar-refractivity contribution >= 4 is 40.2 Å². The van der Waals surface area contributed by atoms with Crippen molar-refractivity contribution in [2.24, 2.45) is 0 Å². The second-order valence-electron chi connectivity index (χ2n) is 8.16. The molecule has 1 aliphatic carbocycles. The Morgan fingerprint density at radius 1 is 1.25 bits per heavy atom. The Bertz CT molecular complexity index is 1180. The van der Waals surface area contributed by atoms with Gasteiger partial charge in [-0.15, -0.1) is 0 Å². The Labute approximate surface area is 194 Å². The first-order valence-corrected chi connectivity index (χ1v) is 12.2. The van der Waals surface area contributed by atoms with E-state index in [1.54, 1.807) is 35.1 Å². The smallest absolute Gasteiger partial charge is 0.262 e. The quantitative estimate of drug-likeness (QED) is 0.412. The minimum Gasteiger partial charge on any atom is -0.467 e. The second-order valence-corrected chi connectivity index (χ2v) is 9.54. The number of hydrogen-bond acceptors (Lipinski definition) is 6. The summed E-state index contributed by atoms with van der Waals surface area (Å²) < 4.78 is 12.9. The molecule has 2 unspecified atom stereocenters. The lowest BCUT2D eigenvalue weighted by Gasteiger charge is -2.43. The molecule has 9 heteroatoms. The van der Waals surface area contributed by atoms with Gasteiger partial charge < -0.3 is 14.1 Å². The van der Waals surface area contributed by atoms with Gasteiger partial charge in [-0.2, -0.15) is 0 Å². The van der Waals surface area contributed by atoms with E-state index in [0.717, 1.165) is 25.7 Å². The molecule has 0 radical (unpaired) electrons. The van der Waals surface area contributed by atoms with Gasteiger partial charge in [0.15, 0.2) is 5.16 Å². The van der Waals surface area contributed by atoms with E-state index in [9.17, 15) is 9.59 Å². The molecule has 1 aromatic carbocycles. The van der Waals surface area contributed by atoms with Crippen LogP contribution in [-0.2, 0) is 16.1 Å². The summed E-state index contributed by atoms with van der Waals surface area (Å²) in [5.74, 6) is 0.911. The van der Waals surface area contributed by atoms with Crippen molar-refractivity contribution in [2.45, 2.75) is 49.5 Å². The lowest BCUT2D eigenvalue weighted by molar-refractivity contribution is -0.146. The van der Waals surface area contributed by atoms with E-state index in [1.807, 2.05) is 11.0 Å². The summed E-state index contributed by atoms with van der Waals surface area (Å²) in [5, 5.41) is 1.47. The lowest BCUT2D eigenvalue weighted by atomic mass is 9.90. The molecule has 1 saturated carbocycles. The van der Waals surface area contributed by atoms with Crippen LogP contribution in [0.3, 0.4) is 0 Å². The number of morpholine rings is 1. The maximum atomic E-state index is 13.2. The first kappa shape index (κ1) is 21.6. The Balaban J connectivity index is 1.42. The summed E-state index contributed by atoms with van der Waals surface area (Å²) in [5.41, 5.74) is 0.337. The molecule has 1 aliphatic heterocycles. The van der Waals surface area contributed by atoms with Crippen LogP contribution in [0.15, 0.2) is 51.0 Å². The first-order valence-electron chi connectivity index (χ1n) is 10.9. The van der Waals surface area contributed by atoms with Crippen LogP contribution in [0.25, 0.3) is 10.9 Å². The third kappa shape index (κ3) is 4.31. The Hall–Kier alpha value is -2.29. The fourth-order valence-corrected chi connectivity index (χ4v) is 5.65. The van der Waals surface area contributed by atoms with Crippen molar-refractivity contribution < 1.29 is 13.9 Å². The standard InChI is InChI=1S/C23H24ClN3O4S/c24-15-7-8-17-18(12-15)25-23(27(22(17)29)13-16-4-3-10-30-16)32-14-21(28)26-9-11-31-20-6-2-1-5-19(20)26/h3-4,7-8,10,12,19-20H,1-2,5-6,9,11,13-14H2. The number of carbonyl (C=O) groups excluding carboxylic acids is 1. The zero-order valence-electron chi connectivity index (χ0n) is 17.5. The molecule has 2 aliphatic rings. The van der Waals surface area contributed by atoms with Gasteiger partial charge in [-0.3, -0.25) is 14.2 Å². The zero-order chi connectivity index (χ0) is 22.1. The Morgan fingerprint density at radius 2 is 2.12 bits per heavy atom. The molecule has 0 bridgehead atoms. The molecule has 0 N–H and O–H groups in total. The van der Waals surface area contributed by atoms with E-state index >= 15 is 0 Å². The molecule has 32 heavy (non-hydrogen) atoms. The van der Waals surface area contributed by atoms with Crippen LogP contribution >= 0.6 is 23.4 Å². The molecule has 168 valence electrons. The van der Waals surface area contributed by atoms with Crippen molar-refractivity contribution in [3.05, 3.63) is 57.7 Å². The number of furan rings is 1. The molecule has 5 rings (SSSR count). The summed E-state index contributed by atoms with van der Waals surface area (Å²) in [6, 6.07) is 8.79. The molecule has 2 aromatic heterocycles. The van der Waals surface area contributed by atoms with Gasteiger partial charge in [0.05, 0.1) is 48.2 Å². The summed E-state index contributed by atoms with van der Waals surface area (Å²) in [7, 11) is 0. The second kappa shape index (κ2) is 9.29. The van der Waals surface area contributed by atoms with E-state index in [4.69, 9.17) is 20.8 Å². The van der Waals surface area contributed by atoms with Crippen LogP contribution < -0.4 is 5.56 Å². The number of amides is 1. The fraction of sp³-hybridized carbons (Fsp3) is 0.435. The molecule has 2 fully saturated rings. The molecular formula is C23H24ClN3O4S. The van der Waals surface area contributed by atoms with E-state index in [-0.39, 0.29) is 35.9 Å². The number of thioether (sulfide) groups is 1. The molecular weight excluding hydrogens is 450 g/mol. The Kier molecular flexibility index (Phi) is 6.26. The van der Waals surface area contributed by atoms with Crippen molar-refractivity contribution in [1.29, 1.82) is 0 Å². The van der Waals surface area contributed by atoms with Gasteiger partial charge in [0.25, 0.3) is 5.56 Å². The van der Waals surface area contributed by atoms with Crippen molar-refractivity contribution in [3.63, 3.8) is 0 Å². The highest BCUT2D eigenvalue weighted by Gasteiger charge is 2.36. The minimum absolute atomic E-state index is 0.0557. The number of halogens is 1. The molecule has 2 atom stereocenters. The van der Waals surface area contributed by atoms with Crippen molar-refractivity contribution in [1.82, 2.24) is 14.5 Å². The third-order valence-electron chi connectivity index (χ3n) is 6.15. The monoisotopic (exact) mass is 473 g/mol. The van der Waals surface area contributed by atoms with Gasteiger partial charge in [0.1, 0.15) is 5.76 Å². The maximum absolute atomic E-state index is 13.2. The van der Waals surface area contributed by atoms with Crippen LogP contribution in [0.4, 0.5) is 0 Å². The SMILES string of the molecule is O=C(CSc1nc2cc(Cl)ccc2c(=O)n1Cc1ccco1)N1CCOC2CCCCC21. The predicted molar refractivity (Wildman–Crippen MR) is 123 cm³/mol. The van der Waals surface area contributed by atoms with E-state index in [2.05, 4.69) is 4.98 Å². The summed E-state index contributed by atoms with van der Waals surface area (Å²) in [6.07, 6.45) is 5.99. The van der Waals surface area contributed by atoms with E-state index in [1.165, 1.54) is 11.8 Å². The number of fused-ring (bicyclic) bond motifs is 2. The largest absolute Gasteiger partial charge is 0.467 e. The highest BCUT2D eigenvalue weighted by molar-refractivity contribution is 7.99. The fourth-order valence-electron chi connectivity index (χ4n) is 4.60. The van der Waals surface area contributed by atoms with Crippen molar-refractivity contribution in [3.8, 4) is 0 Å². The van der Waals surface area contributed by atoms with Crippen LogP contribution in [0.2, 0.25) is 5.02 Å². The topological polar surface area (TPSA) is 77.6 Å². The molecule has 7 nitrogen and oxygen atoms in total. The number of benzene rings is 1. The highest BCUT2D eigenvalue weighted by Crippen LogP contribution is 2.29. The summed E-state index contributed by atoms with van der Waals surface area (Å²) in [4.78, 5) is 33.0. The van der Waals surface area contributed by atoms with Gasteiger partial charge in [0, 0.05) is 11.6 Å². The van der Waals surface area contributed by atoms with Crippen molar-refractivity contribution in [2.75, 3.05) is 18.9 Å².